The Balaban J connectivity index is 2.19. The van der Waals surface area contributed by atoms with Crippen LogP contribution in [0.4, 0.5) is 11.5 Å². The van der Waals surface area contributed by atoms with E-state index in [4.69, 9.17) is 10.5 Å². The third-order valence-corrected chi connectivity index (χ3v) is 3.58. The van der Waals surface area contributed by atoms with Crippen molar-refractivity contribution in [3.05, 3.63) is 12.1 Å². The number of ether oxygens (including phenoxy) is 1. The van der Waals surface area contributed by atoms with Crippen LogP contribution in [0.25, 0.3) is 0 Å². The van der Waals surface area contributed by atoms with Crippen molar-refractivity contribution in [2.45, 2.75) is 31.9 Å². The van der Waals surface area contributed by atoms with Gasteiger partial charge in [-0.25, -0.2) is 0 Å². The molecule has 0 amide bonds. The van der Waals surface area contributed by atoms with E-state index >= 15 is 0 Å². The van der Waals surface area contributed by atoms with Crippen molar-refractivity contribution in [2.24, 2.45) is 0 Å². The van der Waals surface area contributed by atoms with Crippen LogP contribution in [0.5, 0.6) is 5.88 Å². The minimum absolute atomic E-state index is 0.255. The molecule has 2 unspecified atom stereocenters. The average Bonchev–Trinajstić information content (AvgIpc) is 2.78. The van der Waals surface area contributed by atoms with Crippen molar-refractivity contribution in [3.63, 3.8) is 0 Å². The van der Waals surface area contributed by atoms with Gasteiger partial charge in [0.25, 0.3) is 0 Å². The van der Waals surface area contributed by atoms with Gasteiger partial charge in [-0.3, -0.25) is 0 Å². The number of nitrogens with zero attached hydrogens (tertiary/aromatic N) is 3. The van der Waals surface area contributed by atoms with Gasteiger partial charge in [-0.1, -0.05) is 6.92 Å². The molecule has 0 bridgehead atoms. The van der Waals surface area contributed by atoms with Crippen LogP contribution in [0, 0.1) is 0 Å². The summed E-state index contributed by atoms with van der Waals surface area (Å²) in [5, 5.41) is 9.97. The minimum atomic E-state index is -0.311. The normalized spacial score (nSPS) is 22.0. The lowest BCUT2D eigenvalue weighted by Crippen LogP contribution is -2.38. The minimum Gasteiger partial charge on any atom is -0.476 e. The SMILES string of the molecule is CCCOc1nc(N2CC(O)CC2CN(C)C)ccc1N. The molecule has 0 aliphatic carbocycles. The Labute approximate surface area is 126 Å². The lowest BCUT2D eigenvalue weighted by atomic mass is 10.2. The number of hydrogen-bond acceptors (Lipinski definition) is 6. The largest absolute Gasteiger partial charge is 0.476 e. The highest BCUT2D eigenvalue weighted by Crippen LogP contribution is 2.29. The van der Waals surface area contributed by atoms with E-state index in [9.17, 15) is 5.11 Å². The fraction of sp³-hybridized carbons (Fsp3) is 0.667. The highest BCUT2D eigenvalue weighted by Gasteiger charge is 2.32. The molecule has 2 heterocycles. The average molecular weight is 294 g/mol. The summed E-state index contributed by atoms with van der Waals surface area (Å²) in [6.45, 7) is 4.13. The summed E-state index contributed by atoms with van der Waals surface area (Å²) in [4.78, 5) is 8.80. The monoisotopic (exact) mass is 294 g/mol. The molecule has 3 N–H and O–H groups in total. The Bertz CT molecular complexity index is 467. The topological polar surface area (TPSA) is 74.9 Å². The first-order chi connectivity index (χ1) is 10.0. The summed E-state index contributed by atoms with van der Waals surface area (Å²) in [6.07, 6.45) is 1.36. The lowest BCUT2D eigenvalue weighted by molar-refractivity contribution is 0.191. The second-order valence-electron chi connectivity index (χ2n) is 5.87. The number of pyridine rings is 1. The molecule has 1 aliphatic rings. The fourth-order valence-corrected chi connectivity index (χ4v) is 2.68. The van der Waals surface area contributed by atoms with Gasteiger partial charge in [0.1, 0.15) is 5.82 Å². The third-order valence-electron chi connectivity index (χ3n) is 3.58. The number of β-amino-alcohol motifs (C(OH)–C–C–N with tert-alkyl or cyclic N) is 1. The predicted molar refractivity (Wildman–Crippen MR) is 84.7 cm³/mol. The number of hydrogen-bond donors (Lipinski definition) is 2. The van der Waals surface area contributed by atoms with Crippen molar-refractivity contribution in [1.82, 2.24) is 9.88 Å². The van der Waals surface area contributed by atoms with Gasteiger partial charge in [-0.2, -0.15) is 4.98 Å². The van der Waals surface area contributed by atoms with Gasteiger partial charge in [0.2, 0.25) is 5.88 Å². The summed E-state index contributed by atoms with van der Waals surface area (Å²) in [5.41, 5.74) is 6.46. The summed E-state index contributed by atoms with van der Waals surface area (Å²) in [6, 6.07) is 3.98. The Hall–Kier alpha value is -1.53. The Morgan fingerprint density at radius 3 is 2.90 bits per heavy atom. The van der Waals surface area contributed by atoms with Crippen molar-refractivity contribution in [2.75, 3.05) is 44.4 Å². The second kappa shape index (κ2) is 6.95. The van der Waals surface area contributed by atoms with Crippen LogP contribution >= 0.6 is 0 Å². The quantitative estimate of drug-likeness (QED) is 0.814. The highest BCUT2D eigenvalue weighted by molar-refractivity contribution is 5.55. The van der Waals surface area contributed by atoms with Crippen LogP contribution in [0.3, 0.4) is 0 Å². The van der Waals surface area contributed by atoms with Crippen LogP contribution in [0.15, 0.2) is 12.1 Å². The van der Waals surface area contributed by atoms with Crippen molar-refractivity contribution >= 4 is 11.5 Å². The van der Waals surface area contributed by atoms with Gasteiger partial charge in [0, 0.05) is 19.1 Å². The highest BCUT2D eigenvalue weighted by atomic mass is 16.5. The molecule has 1 saturated heterocycles. The van der Waals surface area contributed by atoms with E-state index in [2.05, 4.69) is 14.8 Å². The number of nitrogen functional groups attached to an aromatic ring is 1. The van der Waals surface area contributed by atoms with Crippen LogP contribution in [-0.2, 0) is 0 Å². The summed E-state index contributed by atoms with van der Waals surface area (Å²) < 4.78 is 5.59. The van der Waals surface area contributed by atoms with Gasteiger partial charge in [0.05, 0.1) is 18.4 Å². The lowest BCUT2D eigenvalue weighted by Gasteiger charge is -2.28. The summed E-state index contributed by atoms with van der Waals surface area (Å²) >= 11 is 0. The van der Waals surface area contributed by atoms with Gasteiger partial charge in [0.15, 0.2) is 0 Å². The number of aliphatic hydroxyl groups is 1. The first kappa shape index (κ1) is 15.9. The van der Waals surface area contributed by atoms with Crippen molar-refractivity contribution in [1.29, 1.82) is 0 Å². The standard InChI is InChI=1S/C15H26N4O2/c1-4-7-21-15-13(16)5-6-14(17-15)19-10-12(20)8-11(19)9-18(2)3/h5-6,11-12,20H,4,7-10,16H2,1-3H3. The Kier molecular flexibility index (Phi) is 5.25. The molecule has 2 atom stereocenters. The van der Waals surface area contributed by atoms with Crippen molar-refractivity contribution in [3.8, 4) is 5.88 Å². The summed E-state index contributed by atoms with van der Waals surface area (Å²) in [5.74, 6) is 1.30. The zero-order valence-corrected chi connectivity index (χ0v) is 13.1. The van der Waals surface area contributed by atoms with E-state index in [1.54, 1.807) is 0 Å². The van der Waals surface area contributed by atoms with Crippen LogP contribution in [0.1, 0.15) is 19.8 Å². The second-order valence-corrected chi connectivity index (χ2v) is 5.87. The molecule has 0 spiro atoms. The summed E-state index contributed by atoms with van der Waals surface area (Å²) in [7, 11) is 4.07. The van der Waals surface area contributed by atoms with E-state index in [-0.39, 0.29) is 12.1 Å². The third kappa shape index (κ3) is 3.98. The first-order valence-electron chi connectivity index (χ1n) is 7.50. The molecular weight excluding hydrogens is 268 g/mol. The molecule has 1 aromatic heterocycles. The molecule has 2 rings (SSSR count). The van der Waals surface area contributed by atoms with Crippen LogP contribution in [0.2, 0.25) is 0 Å². The molecule has 1 fully saturated rings. The van der Waals surface area contributed by atoms with Gasteiger partial charge in [-0.05, 0) is 39.1 Å². The maximum Gasteiger partial charge on any atom is 0.239 e. The van der Waals surface area contributed by atoms with Gasteiger partial charge < -0.3 is 25.4 Å². The molecule has 21 heavy (non-hydrogen) atoms. The van der Waals surface area contributed by atoms with E-state index in [0.29, 0.717) is 24.7 Å². The number of nitrogens with two attached hydrogens (primary N) is 1. The number of aromatic nitrogens is 1. The molecule has 1 aromatic rings. The Morgan fingerprint density at radius 2 is 2.24 bits per heavy atom. The molecule has 6 nitrogen and oxygen atoms in total. The molecule has 6 heteroatoms. The molecule has 0 saturated carbocycles. The van der Waals surface area contributed by atoms with E-state index in [1.165, 1.54) is 0 Å². The fourth-order valence-electron chi connectivity index (χ4n) is 2.68. The zero-order valence-electron chi connectivity index (χ0n) is 13.1. The van der Waals surface area contributed by atoms with E-state index < -0.39 is 0 Å². The molecular formula is C15H26N4O2. The molecule has 0 radical (unpaired) electrons. The number of aliphatic hydroxyl groups excluding tert-OH is 1. The maximum absolute atomic E-state index is 9.97. The van der Waals surface area contributed by atoms with Crippen LogP contribution in [-0.4, -0.2) is 60.9 Å². The smallest absolute Gasteiger partial charge is 0.239 e. The number of rotatable bonds is 6. The van der Waals surface area contributed by atoms with E-state index in [0.717, 1.165) is 25.2 Å². The maximum atomic E-state index is 9.97. The number of anilines is 2. The molecule has 1 aliphatic heterocycles. The molecule has 118 valence electrons. The van der Waals surface area contributed by atoms with Gasteiger partial charge in [-0.15, -0.1) is 0 Å². The van der Waals surface area contributed by atoms with Crippen molar-refractivity contribution < 1.29 is 9.84 Å². The predicted octanol–water partition coefficient (Wildman–Crippen LogP) is 0.954. The molecule has 0 aromatic carbocycles. The first-order valence-corrected chi connectivity index (χ1v) is 7.50. The van der Waals surface area contributed by atoms with Gasteiger partial charge >= 0.3 is 0 Å². The zero-order chi connectivity index (χ0) is 15.4. The Morgan fingerprint density at radius 1 is 1.48 bits per heavy atom. The number of likely N-dealkylation sites (N-methyl/N-ethyl adjacent to an activating group) is 1. The van der Waals surface area contributed by atoms with Crippen LogP contribution < -0.4 is 15.4 Å². The van der Waals surface area contributed by atoms with E-state index in [1.807, 2.05) is 33.2 Å².